The molecule has 0 aromatic heterocycles. The summed E-state index contributed by atoms with van der Waals surface area (Å²) < 4.78 is 29.6. The fraction of sp³-hybridized carbons (Fsp3) is 0.286. The van der Waals surface area contributed by atoms with Crippen molar-refractivity contribution in [2.45, 2.75) is 24.9 Å². The highest BCUT2D eigenvalue weighted by molar-refractivity contribution is 6.32. The van der Waals surface area contributed by atoms with Gasteiger partial charge >= 0.3 is 5.97 Å². The number of hydrogen-bond donors (Lipinski definition) is 2. The summed E-state index contributed by atoms with van der Waals surface area (Å²) in [5, 5.41) is 13.5. The first-order valence-electron chi connectivity index (χ1n) is 12.0. The molecule has 200 valence electrons. The summed E-state index contributed by atoms with van der Waals surface area (Å²) in [5.74, 6) is -0.409. The van der Waals surface area contributed by atoms with Gasteiger partial charge in [-0.2, -0.15) is 0 Å². The van der Waals surface area contributed by atoms with Crippen LogP contribution in [-0.2, 0) is 16.8 Å². The number of hydrogen-bond acceptors (Lipinski definition) is 5. The number of carbonyl (C=O) groups is 2. The van der Waals surface area contributed by atoms with E-state index in [-0.39, 0.29) is 48.3 Å². The standard InChI is InChI=1S/C28H26Cl2FNO6/c29-20-8-6-18(25(17-20)36-14-3-12-31)10-13-32-26(33)19-7-9-24(22(30)16-19)38-28(27(34)35)11-15-37-23-5-2-1-4-21(23)28/h1-2,4-9,16-17H,3,10-15H2,(H,32,33)(H,34,35). The van der Waals surface area contributed by atoms with Crippen LogP contribution in [0, 0.1) is 0 Å². The van der Waals surface area contributed by atoms with E-state index in [9.17, 15) is 19.1 Å². The lowest BCUT2D eigenvalue weighted by atomic mass is 9.87. The van der Waals surface area contributed by atoms with Crippen molar-refractivity contribution in [1.82, 2.24) is 5.32 Å². The lowest BCUT2D eigenvalue weighted by Crippen LogP contribution is -2.45. The van der Waals surface area contributed by atoms with Crippen molar-refractivity contribution in [3.63, 3.8) is 0 Å². The fourth-order valence-electron chi connectivity index (χ4n) is 4.17. The molecule has 38 heavy (non-hydrogen) atoms. The first-order valence-corrected chi connectivity index (χ1v) is 12.8. The Morgan fingerprint density at radius 3 is 2.66 bits per heavy atom. The van der Waals surface area contributed by atoms with Crippen LogP contribution in [0.4, 0.5) is 4.39 Å². The molecule has 0 saturated carbocycles. The van der Waals surface area contributed by atoms with Gasteiger partial charge in [0.15, 0.2) is 0 Å². The number of benzene rings is 3. The molecule has 1 unspecified atom stereocenters. The van der Waals surface area contributed by atoms with Crippen molar-refractivity contribution < 1.29 is 33.3 Å². The highest BCUT2D eigenvalue weighted by atomic mass is 35.5. The number of nitrogens with one attached hydrogen (secondary N) is 1. The number of rotatable bonds is 11. The summed E-state index contributed by atoms with van der Waals surface area (Å²) in [6.07, 6.45) is 0.824. The van der Waals surface area contributed by atoms with Gasteiger partial charge < -0.3 is 24.6 Å². The minimum Gasteiger partial charge on any atom is -0.493 e. The molecule has 1 atom stereocenters. The van der Waals surface area contributed by atoms with Crippen LogP contribution in [0.25, 0.3) is 0 Å². The number of halogens is 3. The van der Waals surface area contributed by atoms with E-state index in [2.05, 4.69) is 5.32 Å². The molecule has 1 amide bonds. The number of carboxylic acid groups (broad SMARTS) is 1. The zero-order valence-corrected chi connectivity index (χ0v) is 21.9. The third-order valence-corrected chi connectivity index (χ3v) is 6.63. The van der Waals surface area contributed by atoms with E-state index in [1.165, 1.54) is 18.2 Å². The molecule has 1 aliphatic rings. The predicted molar refractivity (Wildman–Crippen MR) is 142 cm³/mol. The molecule has 0 fully saturated rings. The van der Waals surface area contributed by atoms with Gasteiger partial charge in [-0.3, -0.25) is 9.18 Å². The SMILES string of the molecule is O=C(NCCc1ccc(Cl)cc1OCCCF)c1ccc(OC2(C(=O)O)CCOc3ccccc32)c(Cl)c1. The molecule has 0 aliphatic carbocycles. The number of amides is 1. The van der Waals surface area contributed by atoms with Crippen LogP contribution in [-0.4, -0.2) is 43.4 Å². The Morgan fingerprint density at radius 1 is 1.08 bits per heavy atom. The summed E-state index contributed by atoms with van der Waals surface area (Å²) in [5.41, 5.74) is -0.169. The molecule has 0 saturated heterocycles. The highest BCUT2D eigenvalue weighted by Crippen LogP contribution is 2.42. The normalized spacial score (nSPS) is 16.2. The van der Waals surface area contributed by atoms with Crippen LogP contribution in [0.5, 0.6) is 17.2 Å². The Balaban J connectivity index is 1.43. The molecule has 0 spiro atoms. The van der Waals surface area contributed by atoms with Crippen molar-refractivity contribution in [3.8, 4) is 17.2 Å². The maximum Gasteiger partial charge on any atom is 0.353 e. The topological polar surface area (TPSA) is 94.1 Å². The number of carboxylic acids is 1. The van der Waals surface area contributed by atoms with Gasteiger partial charge in [-0.15, -0.1) is 0 Å². The van der Waals surface area contributed by atoms with Crippen LogP contribution in [0.2, 0.25) is 10.0 Å². The van der Waals surface area contributed by atoms with Gasteiger partial charge in [0.05, 0.1) is 24.9 Å². The third kappa shape index (κ3) is 6.14. The number of fused-ring (bicyclic) bond motifs is 1. The zero-order valence-electron chi connectivity index (χ0n) is 20.3. The van der Waals surface area contributed by atoms with Crippen LogP contribution in [0.1, 0.15) is 34.3 Å². The van der Waals surface area contributed by atoms with Crippen LogP contribution in [0.15, 0.2) is 60.7 Å². The molecule has 10 heteroatoms. The van der Waals surface area contributed by atoms with Crippen LogP contribution in [0.3, 0.4) is 0 Å². The van der Waals surface area contributed by atoms with Crippen LogP contribution >= 0.6 is 23.2 Å². The molecule has 1 aliphatic heterocycles. The Bertz CT molecular complexity index is 1320. The van der Waals surface area contributed by atoms with Gasteiger partial charge in [0, 0.05) is 35.5 Å². The molecule has 3 aromatic carbocycles. The van der Waals surface area contributed by atoms with E-state index in [1.807, 2.05) is 0 Å². The number of para-hydroxylation sites is 1. The van der Waals surface area contributed by atoms with E-state index in [4.69, 9.17) is 37.4 Å². The summed E-state index contributed by atoms with van der Waals surface area (Å²) in [6, 6.07) is 16.4. The Morgan fingerprint density at radius 2 is 1.89 bits per heavy atom. The molecule has 4 rings (SSSR count). The Kier molecular flexibility index (Phi) is 8.97. The van der Waals surface area contributed by atoms with E-state index in [0.717, 1.165) is 5.56 Å². The van der Waals surface area contributed by atoms with Gasteiger partial charge in [-0.25, -0.2) is 4.79 Å². The largest absolute Gasteiger partial charge is 0.493 e. The van der Waals surface area contributed by atoms with Crippen molar-refractivity contribution in [1.29, 1.82) is 0 Å². The minimum atomic E-state index is -1.68. The first-order chi connectivity index (χ1) is 18.3. The summed E-state index contributed by atoms with van der Waals surface area (Å²) in [4.78, 5) is 25.1. The smallest absolute Gasteiger partial charge is 0.353 e. The van der Waals surface area contributed by atoms with Gasteiger partial charge in [-0.1, -0.05) is 47.5 Å². The number of carbonyl (C=O) groups excluding carboxylic acids is 1. The Hall–Kier alpha value is -3.49. The lowest BCUT2D eigenvalue weighted by molar-refractivity contribution is -0.159. The second kappa shape index (κ2) is 12.4. The van der Waals surface area contributed by atoms with Crippen molar-refractivity contribution in [2.75, 3.05) is 26.4 Å². The monoisotopic (exact) mass is 561 g/mol. The van der Waals surface area contributed by atoms with E-state index in [0.29, 0.717) is 35.1 Å². The predicted octanol–water partition coefficient (Wildman–Crippen LogP) is 5.85. The molecule has 3 aromatic rings. The first kappa shape index (κ1) is 27.5. The number of ether oxygens (including phenoxy) is 3. The van der Waals surface area contributed by atoms with Gasteiger partial charge in [0.25, 0.3) is 5.91 Å². The Labute approximate surface area is 229 Å². The summed E-state index contributed by atoms with van der Waals surface area (Å²) >= 11 is 12.5. The van der Waals surface area contributed by atoms with Crippen molar-refractivity contribution in [3.05, 3.63) is 87.4 Å². The van der Waals surface area contributed by atoms with E-state index < -0.39 is 18.2 Å². The maximum absolute atomic E-state index is 12.8. The quantitative estimate of drug-likeness (QED) is 0.285. The van der Waals surface area contributed by atoms with Crippen molar-refractivity contribution in [2.24, 2.45) is 0 Å². The highest BCUT2D eigenvalue weighted by Gasteiger charge is 2.47. The molecular formula is C28H26Cl2FNO6. The van der Waals surface area contributed by atoms with Gasteiger partial charge in [-0.05, 0) is 48.4 Å². The molecule has 0 radical (unpaired) electrons. The van der Waals surface area contributed by atoms with Crippen LogP contribution < -0.4 is 19.5 Å². The second-order valence-corrected chi connectivity index (χ2v) is 9.47. The molecular weight excluding hydrogens is 536 g/mol. The van der Waals surface area contributed by atoms with Crippen molar-refractivity contribution >= 4 is 35.1 Å². The average Bonchev–Trinajstić information content (AvgIpc) is 2.91. The average molecular weight is 562 g/mol. The fourth-order valence-corrected chi connectivity index (χ4v) is 4.55. The maximum atomic E-state index is 12.8. The van der Waals surface area contributed by atoms with Gasteiger partial charge in [0.2, 0.25) is 5.60 Å². The number of aliphatic carboxylic acids is 1. The summed E-state index contributed by atoms with van der Waals surface area (Å²) in [6.45, 7) is 0.217. The molecule has 2 N–H and O–H groups in total. The third-order valence-electron chi connectivity index (χ3n) is 6.10. The second-order valence-electron chi connectivity index (χ2n) is 8.62. The zero-order chi connectivity index (χ0) is 27.1. The minimum absolute atomic E-state index is 0.0854. The van der Waals surface area contributed by atoms with Gasteiger partial charge in [0.1, 0.15) is 17.2 Å². The number of alkyl halides is 1. The lowest BCUT2D eigenvalue weighted by Gasteiger charge is -2.35. The van der Waals surface area contributed by atoms with E-state index in [1.54, 1.807) is 42.5 Å². The van der Waals surface area contributed by atoms with E-state index >= 15 is 0 Å². The molecule has 7 nitrogen and oxygen atoms in total. The molecule has 0 bridgehead atoms. The molecule has 1 heterocycles. The summed E-state index contributed by atoms with van der Waals surface area (Å²) in [7, 11) is 0.